The van der Waals surface area contributed by atoms with Gasteiger partial charge in [-0.2, -0.15) is 5.10 Å². The van der Waals surface area contributed by atoms with Gasteiger partial charge in [-0.1, -0.05) is 35.9 Å². The third-order valence-electron chi connectivity index (χ3n) is 7.88. The van der Waals surface area contributed by atoms with E-state index in [0.29, 0.717) is 28.7 Å². The molecule has 1 atom stereocenters. The first kappa shape index (κ1) is 28.4. The van der Waals surface area contributed by atoms with Crippen molar-refractivity contribution in [3.8, 4) is 28.7 Å². The number of para-hydroxylation sites is 1. The van der Waals surface area contributed by atoms with Crippen molar-refractivity contribution in [3.05, 3.63) is 125 Å². The van der Waals surface area contributed by atoms with Crippen LogP contribution in [-0.4, -0.2) is 34.7 Å². The minimum absolute atomic E-state index is 0.155. The number of aliphatic imine (C=N–C) groups is 1. The van der Waals surface area contributed by atoms with E-state index in [2.05, 4.69) is 16.4 Å². The molecule has 1 unspecified atom stereocenters. The Bertz CT molecular complexity index is 2040. The van der Waals surface area contributed by atoms with Crippen LogP contribution in [0.3, 0.4) is 0 Å². The van der Waals surface area contributed by atoms with Gasteiger partial charge in [0.05, 0.1) is 42.9 Å². The number of nitrogens with one attached hydrogen (secondary N) is 1. The van der Waals surface area contributed by atoms with Crippen molar-refractivity contribution in [2.75, 3.05) is 19.5 Å². The second kappa shape index (κ2) is 12.0. The molecule has 2 aromatic heterocycles. The van der Waals surface area contributed by atoms with Crippen molar-refractivity contribution in [2.24, 2.45) is 4.99 Å². The molecule has 0 amide bonds. The molecule has 0 bridgehead atoms. The summed E-state index contributed by atoms with van der Waals surface area (Å²) in [4.78, 5) is 9.63. The fraction of sp³-hybridized carbons (Fsp3) is 0.139. The molecule has 0 saturated carbocycles. The van der Waals surface area contributed by atoms with E-state index in [0.717, 1.165) is 56.4 Å². The Labute approximate surface area is 265 Å². The summed E-state index contributed by atoms with van der Waals surface area (Å²) in [5, 5.41) is 10.1. The van der Waals surface area contributed by atoms with Crippen LogP contribution < -0.4 is 19.5 Å². The highest BCUT2D eigenvalue weighted by Gasteiger charge is 2.27. The maximum Gasteiger partial charge on any atom is 0.169 e. The molecule has 0 aliphatic carbocycles. The van der Waals surface area contributed by atoms with Gasteiger partial charge < -0.3 is 19.5 Å². The van der Waals surface area contributed by atoms with Gasteiger partial charge in [0.15, 0.2) is 17.3 Å². The lowest BCUT2D eigenvalue weighted by Gasteiger charge is -2.21. The smallest absolute Gasteiger partial charge is 0.169 e. The van der Waals surface area contributed by atoms with Crippen molar-refractivity contribution in [2.45, 2.75) is 19.4 Å². The second-order valence-electron chi connectivity index (χ2n) is 10.7. The topological polar surface area (TPSA) is 82.8 Å². The summed E-state index contributed by atoms with van der Waals surface area (Å²) in [7, 11) is 3.31. The Kier molecular flexibility index (Phi) is 7.57. The van der Waals surface area contributed by atoms with Gasteiger partial charge in [0.25, 0.3) is 0 Å². The van der Waals surface area contributed by atoms with E-state index in [1.807, 2.05) is 103 Å². The van der Waals surface area contributed by atoms with E-state index in [1.54, 1.807) is 20.4 Å². The monoisotopic (exact) mass is 615 g/mol. The number of halogens is 1. The fourth-order valence-electron chi connectivity index (χ4n) is 5.58. The molecule has 1 aliphatic heterocycles. The summed E-state index contributed by atoms with van der Waals surface area (Å²) in [6.45, 7) is 1.99. The minimum atomic E-state index is -0.155. The van der Waals surface area contributed by atoms with Crippen LogP contribution in [0.15, 0.2) is 108 Å². The van der Waals surface area contributed by atoms with Gasteiger partial charge in [0.1, 0.15) is 17.2 Å². The molecular weight excluding hydrogens is 586 g/mol. The molecule has 1 N–H and O–H groups in total. The van der Waals surface area contributed by atoms with Crippen LogP contribution in [0, 0.1) is 6.92 Å². The third-order valence-corrected chi connectivity index (χ3v) is 8.12. The average molecular weight is 616 g/mol. The summed E-state index contributed by atoms with van der Waals surface area (Å²) in [5.41, 5.74) is 6.31. The third kappa shape index (κ3) is 5.56. The molecule has 7 rings (SSSR count). The molecule has 6 aromatic rings. The molecule has 3 heterocycles. The molecule has 4 aromatic carbocycles. The second-order valence-corrected chi connectivity index (χ2v) is 11.1. The van der Waals surface area contributed by atoms with E-state index < -0.39 is 0 Å². The molecule has 0 radical (unpaired) electrons. The Hall–Kier alpha value is -5.34. The maximum absolute atomic E-state index is 6.39. The minimum Gasteiger partial charge on any atom is -0.497 e. The van der Waals surface area contributed by atoms with E-state index in [4.69, 9.17) is 35.9 Å². The zero-order valence-electron chi connectivity index (χ0n) is 25.0. The Morgan fingerprint density at radius 2 is 1.67 bits per heavy atom. The zero-order chi connectivity index (χ0) is 30.9. The van der Waals surface area contributed by atoms with Gasteiger partial charge in [0.2, 0.25) is 0 Å². The molecule has 224 valence electrons. The predicted octanol–water partition coefficient (Wildman–Crippen LogP) is 8.87. The molecule has 0 spiro atoms. The van der Waals surface area contributed by atoms with Crippen LogP contribution in [0.4, 0.5) is 11.5 Å². The predicted molar refractivity (Wildman–Crippen MR) is 178 cm³/mol. The van der Waals surface area contributed by atoms with E-state index in [1.165, 1.54) is 0 Å². The number of fused-ring (bicyclic) bond motifs is 2. The van der Waals surface area contributed by atoms with Gasteiger partial charge in [0, 0.05) is 23.0 Å². The van der Waals surface area contributed by atoms with Crippen molar-refractivity contribution in [3.63, 3.8) is 0 Å². The Balaban J connectivity index is 1.29. The lowest BCUT2D eigenvalue weighted by molar-refractivity contribution is 0.379. The first-order valence-electron chi connectivity index (χ1n) is 14.5. The number of ether oxygens (including phenoxy) is 3. The molecule has 0 fully saturated rings. The average Bonchev–Trinajstić information content (AvgIpc) is 3.24. The molecular formula is C36H30ClN5O3. The zero-order valence-corrected chi connectivity index (χ0v) is 25.7. The SMILES string of the molecule is COc1ccc(C2=Nc3c(C)nn(-c4ccccc4)c3NC(c3ccc(Oc4ccnc5cc(Cl)ccc45)c(OC)c3)C2)cc1. The standard InChI is InChI=1S/C36H30ClN5O3/c1-22-35-36(42(41-22)26-7-5-4-6-8-26)40-30(21-29(39-35)23-9-13-27(43-2)14-10-23)24-11-16-33(34(19-24)44-3)45-32-17-18-38-31-20-25(37)12-15-28(31)32/h4-20,30,40H,21H2,1-3H3. The number of methoxy groups -OCH3 is 2. The summed E-state index contributed by atoms with van der Waals surface area (Å²) in [6, 6.07) is 31.3. The van der Waals surface area contributed by atoms with Crippen molar-refractivity contribution < 1.29 is 14.2 Å². The van der Waals surface area contributed by atoms with Crippen LogP contribution in [0.5, 0.6) is 23.0 Å². The summed E-state index contributed by atoms with van der Waals surface area (Å²) < 4.78 is 19.6. The molecule has 0 saturated heterocycles. The van der Waals surface area contributed by atoms with Crippen LogP contribution in [0.1, 0.15) is 29.3 Å². The normalized spacial score (nSPS) is 14.2. The Morgan fingerprint density at radius 1 is 0.844 bits per heavy atom. The van der Waals surface area contributed by atoms with E-state index >= 15 is 0 Å². The highest BCUT2D eigenvalue weighted by molar-refractivity contribution is 6.31. The first-order valence-corrected chi connectivity index (χ1v) is 14.9. The van der Waals surface area contributed by atoms with E-state index in [-0.39, 0.29) is 6.04 Å². The van der Waals surface area contributed by atoms with Crippen molar-refractivity contribution in [1.29, 1.82) is 0 Å². The number of hydrogen-bond donors (Lipinski definition) is 1. The summed E-state index contributed by atoms with van der Waals surface area (Å²) in [6.07, 6.45) is 2.33. The van der Waals surface area contributed by atoms with Gasteiger partial charge in [-0.3, -0.25) is 4.98 Å². The number of pyridine rings is 1. The number of rotatable bonds is 7. The highest BCUT2D eigenvalue weighted by atomic mass is 35.5. The number of anilines is 1. The van der Waals surface area contributed by atoms with Crippen LogP contribution in [0.2, 0.25) is 5.02 Å². The number of aryl methyl sites for hydroxylation is 1. The highest BCUT2D eigenvalue weighted by Crippen LogP contribution is 2.42. The maximum atomic E-state index is 6.39. The first-order chi connectivity index (χ1) is 22.0. The van der Waals surface area contributed by atoms with Gasteiger partial charge in [-0.15, -0.1) is 0 Å². The van der Waals surface area contributed by atoms with E-state index in [9.17, 15) is 0 Å². The van der Waals surface area contributed by atoms with Crippen LogP contribution >= 0.6 is 11.6 Å². The molecule has 45 heavy (non-hydrogen) atoms. The fourth-order valence-corrected chi connectivity index (χ4v) is 5.75. The van der Waals surface area contributed by atoms with Gasteiger partial charge in [-0.25, -0.2) is 9.67 Å². The largest absolute Gasteiger partial charge is 0.497 e. The van der Waals surface area contributed by atoms with Crippen molar-refractivity contribution in [1.82, 2.24) is 14.8 Å². The molecule has 1 aliphatic rings. The number of aromatic nitrogens is 3. The van der Waals surface area contributed by atoms with Gasteiger partial charge >= 0.3 is 0 Å². The lowest BCUT2D eigenvalue weighted by Crippen LogP contribution is -2.17. The Morgan fingerprint density at radius 3 is 2.44 bits per heavy atom. The number of nitrogens with zero attached hydrogens (tertiary/aromatic N) is 4. The van der Waals surface area contributed by atoms with Crippen LogP contribution in [-0.2, 0) is 0 Å². The van der Waals surface area contributed by atoms with Crippen LogP contribution in [0.25, 0.3) is 16.6 Å². The number of benzene rings is 4. The quantitative estimate of drug-likeness (QED) is 0.193. The number of hydrogen-bond acceptors (Lipinski definition) is 7. The molecule has 9 heteroatoms. The lowest BCUT2D eigenvalue weighted by atomic mass is 9.97. The summed E-state index contributed by atoms with van der Waals surface area (Å²) >= 11 is 6.20. The summed E-state index contributed by atoms with van der Waals surface area (Å²) in [5.74, 6) is 3.48. The van der Waals surface area contributed by atoms with Gasteiger partial charge in [-0.05, 0) is 90.8 Å². The van der Waals surface area contributed by atoms with Crippen molar-refractivity contribution >= 4 is 39.7 Å². The molecule has 8 nitrogen and oxygen atoms in total.